The molecular weight excluding hydrogens is 342 g/mol. The summed E-state index contributed by atoms with van der Waals surface area (Å²) in [4.78, 5) is 23.4. The van der Waals surface area contributed by atoms with Crippen LogP contribution in [0, 0.1) is 0 Å². The van der Waals surface area contributed by atoms with Crippen molar-refractivity contribution in [1.29, 1.82) is 0 Å². The Morgan fingerprint density at radius 2 is 2.10 bits per heavy atom. The molecule has 0 spiro atoms. The van der Waals surface area contributed by atoms with Gasteiger partial charge in [-0.15, -0.1) is 11.8 Å². The molecule has 1 aromatic rings. The van der Waals surface area contributed by atoms with E-state index in [4.69, 9.17) is 5.11 Å². The fourth-order valence-electron chi connectivity index (χ4n) is 1.60. The van der Waals surface area contributed by atoms with E-state index < -0.39 is 11.5 Å². The van der Waals surface area contributed by atoms with E-state index in [9.17, 15) is 9.59 Å². The van der Waals surface area contributed by atoms with E-state index in [-0.39, 0.29) is 12.3 Å². The predicted octanol–water partition coefficient (Wildman–Crippen LogP) is 3.30. The number of carboxylic acid groups (broad SMARTS) is 1. The molecule has 0 unspecified atom stereocenters. The molecule has 2 N–H and O–H groups in total. The van der Waals surface area contributed by atoms with Crippen LogP contribution >= 0.6 is 27.7 Å². The summed E-state index contributed by atoms with van der Waals surface area (Å²) in [6, 6.07) is 7.74. The van der Waals surface area contributed by atoms with Crippen LogP contribution in [0.2, 0.25) is 0 Å². The van der Waals surface area contributed by atoms with E-state index in [1.165, 1.54) is 11.8 Å². The first kappa shape index (κ1) is 17.0. The highest BCUT2D eigenvalue weighted by molar-refractivity contribution is 9.10. The Morgan fingerprint density at radius 1 is 1.40 bits per heavy atom. The van der Waals surface area contributed by atoms with Crippen LogP contribution in [0.1, 0.15) is 26.7 Å². The average molecular weight is 360 g/mol. The number of aliphatic carboxylic acids is 1. The molecule has 0 atom stereocenters. The average Bonchev–Trinajstić information content (AvgIpc) is 2.34. The summed E-state index contributed by atoms with van der Waals surface area (Å²) >= 11 is 4.83. The molecule has 1 aromatic carbocycles. The number of carbonyl (C=O) groups excluding carboxylic acids is 1. The monoisotopic (exact) mass is 359 g/mol. The van der Waals surface area contributed by atoms with Gasteiger partial charge in [0.05, 0.1) is 5.75 Å². The Kier molecular flexibility index (Phi) is 6.55. The standard InChI is InChI=1S/C14H18BrNO3S/c1-14(2,7-6-13(18)19)16-12(17)9-20-11-5-3-4-10(15)8-11/h3-5,8H,6-7,9H2,1-2H3,(H,16,17)(H,18,19). The smallest absolute Gasteiger partial charge is 0.303 e. The SMILES string of the molecule is CC(C)(CCC(=O)O)NC(=O)CSc1cccc(Br)c1. The van der Waals surface area contributed by atoms with Crippen molar-refractivity contribution in [3.05, 3.63) is 28.7 Å². The molecule has 1 rings (SSSR count). The molecule has 20 heavy (non-hydrogen) atoms. The van der Waals surface area contributed by atoms with Crippen LogP contribution in [0.4, 0.5) is 0 Å². The van der Waals surface area contributed by atoms with Gasteiger partial charge in [0.1, 0.15) is 0 Å². The normalized spacial score (nSPS) is 11.2. The lowest BCUT2D eigenvalue weighted by atomic mass is 9.98. The second-order valence-electron chi connectivity index (χ2n) is 5.07. The molecule has 0 aliphatic carbocycles. The zero-order chi connectivity index (χ0) is 15.2. The zero-order valence-electron chi connectivity index (χ0n) is 11.5. The largest absolute Gasteiger partial charge is 0.481 e. The van der Waals surface area contributed by atoms with Crippen molar-refractivity contribution >= 4 is 39.6 Å². The zero-order valence-corrected chi connectivity index (χ0v) is 13.9. The lowest BCUT2D eigenvalue weighted by Crippen LogP contribution is -2.44. The van der Waals surface area contributed by atoms with Gasteiger partial charge < -0.3 is 10.4 Å². The molecule has 0 saturated carbocycles. The van der Waals surface area contributed by atoms with Crippen molar-refractivity contribution in [2.45, 2.75) is 37.1 Å². The van der Waals surface area contributed by atoms with Crippen molar-refractivity contribution < 1.29 is 14.7 Å². The summed E-state index contributed by atoms with van der Waals surface area (Å²) in [5.41, 5.74) is -0.507. The molecule has 0 bridgehead atoms. The van der Waals surface area contributed by atoms with Crippen LogP contribution in [0.25, 0.3) is 0 Å². The summed E-state index contributed by atoms with van der Waals surface area (Å²) in [6.07, 6.45) is 0.460. The number of amides is 1. The summed E-state index contributed by atoms with van der Waals surface area (Å²) in [5, 5.41) is 11.5. The molecule has 1 amide bonds. The Hall–Kier alpha value is -1.01. The molecule has 0 aromatic heterocycles. The van der Waals surface area contributed by atoms with Gasteiger partial charge >= 0.3 is 5.97 Å². The predicted molar refractivity (Wildman–Crippen MR) is 84.0 cm³/mol. The second kappa shape index (κ2) is 7.69. The minimum Gasteiger partial charge on any atom is -0.481 e. The number of hydrogen-bond donors (Lipinski definition) is 2. The highest BCUT2D eigenvalue weighted by Crippen LogP contribution is 2.22. The molecule has 0 saturated heterocycles. The Morgan fingerprint density at radius 3 is 2.70 bits per heavy atom. The third-order valence-corrected chi connectivity index (χ3v) is 4.09. The van der Waals surface area contributed by atoms with Gasteiger partial charge in [0.25, 0.3) is 0 Å². The molecule has 0 aliphatic rings. The maximum absolute atomic E-state index is 11.9. The van der Waals surface area contributed by atoms with Crippen LogP contribution in [-0.4, -0.2) is 28.3 Å². The molecule has 4 nitrogen and oxygen atoms in total. The third-order valence-electron chi connectivity index (χ3n) is 2.61. The van der Waals surface area contributed by atoms with Gasteiger partial charge in [-0.3, -0.25) is 9.59 Å². The van der Waals surface area contributed by atoms with Gasteiger partial charge in [-0.2, -0.15) is 0 Å². The van der Waals surface area contributed by atoms with Gasteiger partial charge in [-0.25, -0.2) is 0 Å². The van der Waals surface area contributed by atoms with E-state index in [1.54, 1.807) is 0 Å². The number of carboxylic acids is 1. The quantitative estimate of drug-likeness (QED) is 0.733. The van der Waals surface area contributed by atoms with Crippen molar-refractivity contribution in [2.24, 2.45) is 0 Å². The first-order valence-electron chi connectivity index (χ1n) is 6.20. The van der Waals surface area contributed by atoms with Crippen LogP contribution in [0.15, 0.2) is 33.6 Å². The van der Waals surface area contributed by atoms with E-state index in [1.807, 2.05) is 38.1 Å². The molecule has 6 heteroatoms. The maximum atomic E-state index is 11.9. The Bertz CT molecular complexity index is 491. The van der Waals surface area contributed by atoms with Crippen molar-refractivity contribution in [2.75, 3.05) is 5.75 Å². The summed E-state index contributed by atoms with van der Waals surface area (Å²) in [5.74, 6) is -0.631. The number of rotatable bonds is 7. The third kappa shape index (κ3) is 6.96. The topological polar surface area (TPSA) is 66.4 Å². The lowest BCUT2D eigenvalue weighted by molar-refractivity contribution is -0.137. The number of hydrogen-bond acceptors (Lipinski definition) is 3. The van der Waals surface area contributed by atoms with Crippen molar-refractivity contribution in [3.63, 3.8) is 0 Å². The first-order chi connectivity index (χ1) is 9.28. The first-order valence-corrected chi connectivity index (χ1v) is 7.97. The van der Waals surface area contributed by atoms with Crippen LogP contribution in [-0.2, 0) is 9.59 Å². The van der Waals surface area contributed by atoms with Gasteiger partial charge in [-0.05, 0) is 38.5 Å². The second-order valence-corrected chi connectivity index (χ2v) is 7.04. The molecule has 110 valence electrons. The maximum Gasteiger partial charge on any atom is 0.303 e. The number of nitrogens with one attached hydrogen (secondary N) is 1. The fraction of sp³-hybridized carbons (Fsp3) is 0.429. The summed E-state index contributed by atoms with van der Waals surface area (Å²) in [6.45, 7) is 3.66. The number of benzene rings is 1. The van der Waals surface area contributed by atoms with Crippen LogP contribution in [0.5, 0.6) is 0 Å². The van der Waals surface area contributed by atoms with Gasteiger partial charge in [0.2, 0.25) is 5.91 Å². The summed E-state index contributed by atoms with van der Waals surface area (Å²) < 4.78 is 0.977. The minimum absolute atomic E-state index is 0.0477. The van der Waals surface area contributed by atoms with E-state index in [0.29, 0.717) is 12.2 Å². The Balaban J connectivity index is 2.41. The Labute approximate surface area is 131 Å². The van der Waals surface area contributed by atoms with Gasteiger partial charge in [0, 0.05) is 21.3 Å². The fourth-order valence-corrected chi connectivity index (χ4v) is 2.91. The number of thioether (sulfide) groups is 1. The van der Waals surface area contributed by atoms with Gasteiger partial charge in [0.15, 0.2) is 0 Å². The molecular formula is C14H18BrNO3S. The van der Waals surface area contributed by atoms with E-state index in [2.05, 4.69) is 21.2 Å². The molecule has 0 aliphatic heterocycles. The molecule has 0 radical (unpaired) electrons. The minimum atomic E-state index is -0.851. The van der Waals surface area contributed by atoms with Gasteiger partial charge in [-0.1, -0.05) is 22.0 Å². The highest BCUT2D eigenvalue weighted by atomic mass is 79.9. The van der Waals surface area contributed by atoms with Crippen molar-refractivity contribution in [3.8, 4) is 0 Å². The molecule has 0 fully saturated rings. The van der Waals surface area contributed by atoms with Crippen LogP contribution < -0.4 is 5.32 Å². The van der Waals surface area contributed by atoms with Crippen molar-refractivity contribution in [1.82, 2.24) is 5.32 Å². The van der Waals surface area contributed by atoms with E-state index in [0.717, 1.165) is 9.37 Å². The number of carbonyl (C=O) groups is 2. The van der Waals surface area contributed by atoms with Crippen LogP contribution in [0.3, 0.4) is 0 Å². The van der Waals surface area contributed by atoms with E-state index >= 15 is 0 Å². The molecule has 0 heterocycles. The lowest BCUT2D eigenvalue weighted by Gasteiger charge is -2.25. The number of halogens is 1. The summed E-state index contributed by atoms with van der Waals surface area (Å²) in [7, 11) is 0. The highest BCUT2D eigenvalue weighted by Gasteiger charge is 2.21.